The largest absolute Gasteiger partial charge is 0.390 e. The fraction of sp³-hybridized carbons (Fsp3) is 0.792. The van der Waals surface area contributed by atoms with Gasteiger partial charge in [-0.25, -0.2) is 9.97 Å². The fourth-order valence-corrected chi connectivity index (χ4v) is 7.97. The second-order valence-electron chi connectivity index (χ2n) is 10.6. The third kappa shape index (κ3) is 4.72. The highest BCUT2D eigenvalue weighted by molar-refractivity contribution is 7.99. The van der Waals surface area contributed by atoms with Crippen molar-refractivity contribution in [3.05, 3.63) is 17.5 Å². The molecular weight excluding hydrogens is 408 g/mol. The van der Waals surface area contributed by atoms with Crippen LogP contribution < -0.4 is 10.6 Å². The Labute approximate surface area is 189 Å². The molecule has 6 nitrogen and oxygen atoms in total. The van der Waals surface area contributed by atoms with Crippen molar-refractivity contribution in [1.82, 2.24) is 9.97 Å². The van der Waals surface area contributed by atoms with Gasteiger partial charge >= 0.3 is 0 Å². The Bertz CT molecular complexity index is 769. The Morgan fingerprint density at radius 3 is 2.16 bits per heavy atom. The summed E-state index contributed by atoms with van der Waals surface area (Å²) in [6.45, 7) is 1.95. The molecule has 7 rings (SSSR count). The van der Waals surface area contributed by atoms with E-state index in [0.29, 0.717) is 11.5 Å². The van der Waals surface area contributed by atoms with Gasteiger partial charge in [0.1, 0.15) is 0 Å². The van der Waals surface area contributed by atoms with Crippen molar-refractivity contribution >= 4 is 23.6 Å². The van der Waals surface area contributed by atoms with Gasteiger partial charge in [-0.15, -0.1) is 0 Å². The minimum Gasteiger partial charge on any atom is -0.390 e. The summed E-state index contributed by atoms with van der Waals surface area (Å²) < 4.78 is 0. The summed E-state index contributed by atoms with van der Waals surface area (Å²) in [5.74, 6) is 5.63. The Morgan fingerprint density at radius 2 is 1.65 bits per heavy atom. The number of hydrogen-bond donors (Lipinski definition) is 2. The lowest BCUT2D eigenvalue weighted by atomic mass is 9.54. The van der Waals surface area contributed by atoms with Crippen LogP contribution in [-0.2, 0) is 0 Å². The van der Waals surface area contributed by atoms with Gasteiger partial charge in [0.15, 0.2) is 0 Å². The predicted octanol–water partition coefficient (Wildman–Crippen LogP) is 3.73. The monoisotopic (exact) mass is 444 g/mol. The van der Waals surface area contributed by atoms with Crippen molar-refractivity contribution in [2.75, 3.05) is 29.5 Å². The third-order valence-corrected chi connectivity index (χ3v) is 9.06. The first-order valence-electron chi connectivity index (χ1n) is 12.2. The molecule has 5 saturated carbocycles. The Hall–Kier alpha value is -1.34. The molecule has 6 aliphatic rings. The van der Waals surface area contributed by atoms with E-state index >= 15 is 0 Å². The highest BCUT2D eigenvalue weighted by Gasteiger charge is 2.49. The fourth-order valence-electron chi connectivity index (χ4n) is 7.07. The number of thioether (sulfide) groups is 1. The van der Waals surface area contributed by atoms with Crippen molar-refractivity contribution in [3.63, 3.8) is 0 Å². The lowest BCUT2D eigenvalue weighted by Gasteiger charge is -2.54. The number of anilines is 1. The van der Waals surface area contributed by atoms with Gasteiger partial charge in [0, 0.05) is 36.7 Å². The van der Waals surface area contributed by atoms with Crippen LogP contribution >= 0.6 is 11.8 Å². The van der Waals surface area contributed by atoms with Crippen LogP contribution in [0, 0.1) is 17.8 Å². The quantitative estimate of drug-likeness (QED) is 0.738. The van der Waals surface area contributed by atoms with Crippen LogP contribution in [0.25, 0.3) is 0 Å². The molecule has 2 heterocycles. The lowest BCUT2D eigenvalue weighted by molar-refractivity contribution is -0.124. The van der Waals surface area contributed by atoms with Gasteiger partial charge in [0.2, 0.25) is 5.95 Å². The van der Waals surface area contributed by atoms with Crippen molar-refractivity contribution in [2.45, 2.75) is 75.7 Å². The van der Waals surface area contributed by atoms with Gasteiger partial charge < -0.3 is 15.7 Å². The maximum Gasteiger partial charge on any atom is 0.252 e. The van der Waals surface area contributed by atoms with Gasteiger partial charge in [-0.1, -0.05) is 12.8 Å². The zero-order valence-electron chi connectivity index (χ0n) is 18.5. The topological polar surface area (TPSA) is 92.3 Å². The molecule has 4 bridgehead atoms. The first kappa shape index (κ1) is 21.5. The number of hydrogen-bond acceptors (Lipinski definition) is 6. The van der Waals surface area contributed by atoms with E-state index < -0.39 is 5.91 Å². The van der Waals surface area contributed by atoms with E-state index in [1.807, 2.05) is 11.8 Å². The van der Waals surface area contributed by atoms with Crippen molar-refractivity contribution in [3.8, 4) is 0 Å². The summed E-state index contributed by atoms with van der Waals surface area (Å²) in [6.07, 6.45) is 13.9. The molecule has 3 N–H and O–H groups in total. The average molecular weight is 445 g/mol. The molecule has 6 fully saturated rings. The number of rotatable bonds is 3. The molecule has 1 aromatic heterocycles. The van der Waals surface area contributed by atoms with Crippen LogP contribution in [0.4, 0.5) is 5.95 Å². The third-order valence-electron chi connectivity index (χ3n) is 8.11. The van der Waals surface area contributed by atoms with Gasteiger partial charge in [0.25, 0.3) is 5.91 Å². The molecule has 1 saturated heterocycles. The van der Waals surface area contributed by atoms with Crippen molar-refractivity contribution < 1.29 is 9.90 Å². The molecule has 0 unspecified atom stereocenters. The number of nitrogens with two attached hydrogens (primary N) is 1. The zero-order chi connectivity index (χ0) is 21.4. The lowest BCUT2D eigenvalue weighted by Crippen LogP contribution is -2.50. The van der Waals surface area contributed by atoms with Crippen LogP contribution in [0.3, 0.4) is 0 Å². The van der Waals surface area contributed by atoms with Crippen LogP contribution in [0.15, 0.2) is 6.20 Å². The highest BCUT2D eigenvalue weighted by Crippen LogP contribution is 2.55. The molecule has 170 valence electrons. The number of carbonyl (C=O) groups is 1. The summed E-state index contributed by atoms with van der Waals surface area (Å²) in [7, 11) is 0. The standard InChI is InChI=1S/C14H20N4OS.C10H16O/c15-13(19)11-9-16-14(18-5-7-20-8-6-18)17-12(11)10-3-1-2-4-10;11-10-4-7-1-8(5-10)3-9(2-7)6-10/h9-10H,1-8H2,(H2,15,19);7-9,11H,1-6H2. The number of amides is 1. The molecule has 0 spiro atoms. The second-order valence-corrected chi connectivity index (χ2v) is 11.8. The van der Waals surface area contributed by atoms with Crippen molar-refractivity contribution in [2.24, 2.45) is 23.5 Å². The molecule has 1 amide bonds. The zero-order valence-corrected chi connectivity index (χ0v) is 19.3. The average Bonchev–Trinajstić information content (AvgIpc) is 3.27. The maximum absolute atomic E-state index is 11.6. The van der Waals surface area contributed by atoms with Gasteiger partial charge in [0.05, 0.1) is 16.9 Å². The van der Waals surface area contributed by atoms with Gasteiger partial charge in [-0.05, 0) is 69.1 Å². The maximum atomic E-state index is 11.6. The van der Waals surface area contributed by atoms with Crippen LogP contribution in [0.5, 0.6) is 0 Å². The molecular formula is C24H36N4O2S. The molecule has 1 aliphatic heterocycles. The second kappa shape index (κ2) is 8.89. The summed E-state index contributed by atoms with van der Waals surface area (Å²) >= 11 is 1.96. The number of carbonyl (C=O) groups excluding carboxylic acids is 1. The highest BCUT2D eigenvalue weighted by atomic mass is 32.2. The smallest absolute Gasteiger partial charge is 0.252 e. The molecule has 5 aliphatic carbocycles. The van der Waals surface area contributed by atoms with Crippen LogP contribution in [0.1, 0.15) is 86.2 Å². The summed E-state index contributed by atoms with van der Waals surface area (Å²) in [5, 5.41) is 10.1. The number of nitrogens with zero attached hydrogens (tertiary/aromatic N) is 3. The van der Waals surface area contributed by atoms with Gasteiger partial charge in [-0.3, -0.25) is 4.79 Å². The number of primary amides is 1. The summed E-state index contributed by atoms with van der Waals surface area (Å²) in [4.78, 5) is 22.9. The van der Waals surface area contributed by atoms with Gasteiger partial charge in [-0.2, -0.15) is 11.8 Å². The number of aliphatic hydroxyl groups is 1. The van der Waals surface area contributed by atoms with E-state index in [-0.39, 0.29) is 5.60 Å². The minimum atomic E-state index is -0.410. The SMILES string of the molecule is NC(=O)c1cnc(N2CCSCC2)nc1C1CCCC1.OC12CC3CC(CC(C3)C1)C2. The first-order chi connectivity index (χ1) is 15.0. The Kier molecular flexibility index (Phi) is 6.17. The van der Waals surface area contributed by atoms with E-state index in [0.717, 1.165) is 86.1 Å². The molecule has 0 atom stereocenters. The Morgan fingerprint density at radius 1 is 1.06 bits per heavy atom. The number of aromatic nitrogens is 2. The minimum absolute atomic E-state index is 0.200. The molecule has 1 aromatic rings. The van der Waals surface area contributed by atoms with Crippen LogP contribution in [0.2, 0.25) is 0 Å². The molecule has 0 aromatic carbocycles. The predicted molar refractivity (Wildman–Crippen MR) is 124 cm³/mol. The summed E-state index contributed by atoms with van der Waals surface area (Å²) in [5.41, 5.74) is 6.66. The Balaban J connectivity index is 0.000000155. The van der Waals surface area contributed by atoms with Crippen molar-refractivity contribution in [1.29, 1.82) is 0 Å². The summed E-state index contributed by atoms with van der Waals surface area (Å²) in [6, 6.07) is 0. The molecule has 7 heteroatoms. The molecule has 0 radical (unpaired) electrons. The van der Waals surface area contributed by atoms with Crippen LogP contribution in [-0.4, -0.2) is 51.2 Å². The van der Waals surface area contributed by atoms with E-state index in [1.54, 1.807) is 6.20 Å². The van der Waals surface area contributed by atoms with E-state index in [4.69, 9.17) is 10.7 Å². The van der Waals surface area contributed by atoms with E-state index in [1.165, 1.54) is 32.1 Å². The van der Waals surface area contributed by atoms with E-state index in [9.17, 15) is 9.90 Å². The first-order valence-corrected chi connectivity index (χ1v) is 13.4. The molecule has 31 heavy (non-hydrogen) atoms. The van der Waals surface area contributed by atoms with E-state index in [2.05, 4.69) is 9.88 Å². The normalized spacial score (nSPS) is 34.5.